The van der Waals surface area contributed by atoms with E-state index in [2.05, 4.69) is 44.9 Å². The van der Waals surface area contributed by atoms with Crippen LogP contribution in [0, 0.1) is 0 Å². The van der Waals surface area contributed by atoms with Gasteiger partial charge >= 0.3 is 0 Å². The molecular formula is C21H33Cl2N11O. The van der Waals surface area contributed by atoms with Gasteiger partial charge in [0, 0.05) is 63.3 Å². The summed E-state index contributed by atoms with van der Waals surface area (Å²) in [7, 11) is 0. The second kappa shape index (κ2) is 14.0. The highest BCUT2D eigenvalue weighted by Crippen LogP contribution is 2.17. The molecule has 0 atom stereocenters. The number of aryl methyl sites for hydroxylation is 1. The molecule has 1 amide bonds. The summed E-state index contributed by atoms with van der Waals surface area (Å²) in [5.74, 6) is 0.357. The van der Waals surface area contributed by atoms with Gasteiger partial charge in [0.2, 0.25) is 5.96 Å². The number of piperazine rings is 1. The van der Waals surface area contributed by atoms with Crippen LogP contribution in [-0.2, 0) is 6.42 Å². The number of imidazole rings is 1. The van der Waals surface area contributed by atoms with Gasteiger partial charge in [-0.25, -0.2) is 15.0 Å². The monoisotopic (exact) mass is 525 g/mol. The molecule has 3 heterocycles. The predicted molar refractivity (Wildman–Crippen MR) is 138 cm³/mol. The van der Waals surface area contributed by atoms with Crippen molar-refractivity contribution in [2.24, 2.45) is 4.99 Å². The first-order valence-electron chi connectivity index (χ1n) is 11.7. The van der Waals surface area contributed by atoms with Gasteiger partial charge in [0.1, 0.15) is 5.82 Å². The van der Waals surface area contributed by atoms with Crippen LogP contribution in [0.15, 0.2) is 17.4 Å². The molecule has 0 aromatic carbocycles. The number of hydrogen-bond acceptors (Lipinski definition) is 9. The van der Waals surface area contributed by atoms with Gasteiger partial charge < -0.3 is 26.3 Å². The quantitative estimate of drug-likeness (QED) is 0.125. The molecule has 0 radical (unpaired) electrons. The Hall–Kier alpha value is -2.67. The topological polar surface area (TPSA) is 166 Å². The lowest BCUT2D eigenvalue weighted by atomic mass is 10.2. The maximum Gasteiger partial charge on any atom is 0.280 e. The van der Waals surface area contributed by atoms with E-state index < -0.39 is 5.91 Å². The molecule has 192 valence electrons. The van der Waals surface area contributed by atoms with Gasteiger partial charge in [0.05, 0.1) is 0 Å². The lowest BCUT2D eigenvalue weighted by Gasteiger charge is -2.34. The van der Waals surface area contributed by atoms with Gasteiger partial charge in [-0.1, -0.05) is 11.6 Å². The fourth-order valence-electron chi connectivity index (χ4n) is 3.81. The van der Waals surface area contributed by atoms with E-state index >= 15 is 0 Å². The molecule has 2 aromatic heterocycles. The SMILES string of the molecule is Nc1nc(N)c(C(=O)NC(=NCCCCN2CCN(CCCCc3ncc[nH]3)CC2)NCl)nc1Cl. The van der Waals surface area contributed by atoms with Crippen molar-refractivity contribution in [3.63, 3.8) is 0 Å². The largest absolute Gasteiger partial charge is 0.382 e. The average molecular weight is 526 g/mol. The number of nitrogens with two attached hydrogens (primary N) is 2. The fraction of sp³-hybridized carbons (Fsp3) is 0.571. The number of aliphatic imine (C=N–C) groups is 1. The first-order valence-corrected chi connectivity index (χ1v) is 12.5. The summed E-state index contributed by atoms with van der Waals surface area (Å²) >= 11 is 11.5. The zero-order valence-electron chi connectivity index (χ0n) is 19.6. The Kier molecular flexibility index (Phi) is 10.8. The summed E-state index contributed by atoms with van der Waals surface area (Å²) in [4.78, 5) is 39.1. The Labute approximate surface area is 215 Å². The third kappa shape index (κ3) is 8.80. The van der Waals surface area contributed by atoms with E-state index in [9.17, 15) is 4.79 Å². The minimum atomic E-state index is -0.636. The summed E-state index contributed by atoms with van der Waals surface area (Å²) in [5.41, 5.74) is 11.1. The second-order valence-corrected chi connectivity index (χ2v) is 8.84. The zero-order chi connectivity index (χ0) is 25.0. The van der Waals surface area contributed by atoms with Gasteiger partial charge in [-0.2, -0.15) is 0 Å². The smallest absolute Gasteiger partial charge is 0.280 e. The average Bonchev–Trinajstić information content (AvgIpc) is 3.37. The van der Waals surface area contributed by atoms with Crippen molar-refractivity contribution < 1.29 is 4.79 Å². The number of anilines is 2. The molecule has 7 N–H and O–H groups in total. The third-order valence-corrected chi connectivity index (χ3v) is 6.21. The predicted octanol–water partition coefficient (Wildman–Crippen LogP) is 1.27. The van der Waals surface area contributed by atoms with Crippen LogP contribution in [0.4, 0.5) is 11.6 Å². The highest BCUT2D eigenvalue weighted by molar-refractivity contribution is 6.32. The van der Waals surface area contributed by atoms with E-state index in [-0.39, 0.29) is 28.4 Å². The Morgan fingerprint density at radius 2 is 1.74 bits per heavy atom. The van der Waals surface area contributed by atoms with Gasteiger partial charge in [0.15, 0.2) is 22.5 Å². The van der Waals surface area contributed by atoms with Crippen molar-refractivity contribution in [2.45, 2.75) is 32.1 Å². The molecule has 0 aliphatic carbocycles. The van der Waals surface area contributed by atoms with E-state index in [0.29, 0.717) is 6.54 Å². The van der Waals surface area contributed by atoms with E-state index in [1.165, 1.54) is 6.42 Å². The number of rotatable bonds is 11. The summed E-state index contributed by atoms with van der Waals surface area (Å²) in [6.45, 7) is 7.04. The number of nitrogens with one attached hydrogen (secondary N) is 3. The van der Waals surface area contributed by atoms with Crippen LogP contribution in [0.2, 0.25) is 5.15 Å². The lowest BCUT2D eigenvalue weighted by Crippen LogP contribution is -2.46. The molecule has 2 aromatic rings. The van der Waals surface area contributed by atoms with Crippen LogP contribution in [0.1, 0.15) is 42.0 Å². The van der Waals surface area contributed by atoms with Gasteiger partial charge in [-0.3, -0.25) is 19.9 Å². The molecule has 1 aliphatic rings. The number of unbranched alkanes of at least 4 members (excludes halogenated alkanes) is 2. The van der Waals surface area contributed by atoms with Crippen molar-refractivity contribution in [3.05, 3.63) is 29.1 Å². The number of halogens is 2. The van der Waals surface area contributed by atoms with Gasteiger partial charge in [0.25, 0.3) is 5.91 Å². The van der Waals surface area contributed by atoms with Crippen molar-refractivity contribution in [1.29, 1.82) is 0 Å². The molecule has 3 rings (SSSR count). The maximum atomic E-state index is 12.4. The number of carbonyl (C=O) groups excluding carboxylic acids is 1. The minimum Gasteiger partial charge on any atom is -0.382 e. The molecule has 0 bridgehead atoms. The summed E-state index contributed by atoms with van der Waals surface area (Å²) in [6.07, 6.45) is 8.90. The van der Waals surface area contributed by atoms with Crippen LogP contribution in [0.25, 0.3) is 0 Å². The number of nitrogen functional groups attached to an aromatic ring is 2. The van der Waals surface area contributed by atoms with Crippen molar-refractivity contribution in [3.8, 4) is 0 Å². The fourth-order valence-corrected chi connectivity index (χ4v) is 4.04. The third-order valence-electron chi connectivity index (χ3n) is 5.75. The molecule has 0 spiro atoms. The van der Waals surface area contributed by atoms with Crippen LogP contribution in [0.5, 0.6) is 0 Å². The standard InChI is InChI=1S/C21H33Cl2N11O/c22-17-19(25)30-18(24)16(29-17)20(35)31-21(32-23)28-6-2-4-10-34-13-11-33(12-14-34)9-3-1-5-15-26-7-8-27-15/h7-8H,1-6,9-14H2,(H,26,27)(H4,24,25,30)(H2,28,31,32,35). The van der Waals surface area contributed by atoms with E-state index in [0.717, 1.165) is 70.8 Å². The summed E-state index contributed by atoms with van der Waals surface area (Å²) in [6, 6.07) is 0. The van der Waals surface area contributed by atoms with E-state index in [1.54, 1.807) is 6.20 Å². The highest BCUT2D eigenvalue weighted by atomic mass is 35.5. The number of nitrogens with zero attached hydrogens (tertiary/aromatic N) is 6. The van der Waals surface area contributed by atoms with Crippen LogP contribution in [-0.4, -0.2) is 87.4 Å². The number of guanidine groups is 1. The molecule has 1 aliphatic heterocycles. The lowest BCUT2D eigenvalue weighted by molar-refractivity contribution is 0.0972. The van der Waals surface area contributed by atoms with Crippen molar-refractivity contribution >= 4 is 46.9 Å². The van der Waals surface area contributed by atoms with E-state index in [1.807, 2.05) is 6.20 Å². The number of aromatic amines is 1. The minimum absolute atomic E-state index is 0.0485. The second-order valence-electron chi connectivity index (χ2n) is 8.30. The summed E-state index contributed by atoms with van der Waals surface area (Å²) in [5, 5.41) is 2.41. The number of hydrogen-bond donors (Lipinski definition) is 5. The molecule has 1 fully saturated rings. The molecule has 0 unspecified atom stereocenters. The number of amides is 1. The van der Waals surface area contributed by atoms with Crippen molar-refractivity contribution in [2.75, 3.05) is 57.3 Å². The molecule has 12 nitrogen and oxygen atoms in total. The van der Waals surface area contributed by atoms with Gasteiger partial charge in [-0.05, 0) is 38.8 Å². The zero-order valence-corrected chi connectivity index (χ0v) is 21.2. The molecule has 0 saturated carbocycles. The molecule has 1 saturated heterocycles. The Morgan fingerprint density at radius 3 is 2.37 bits per heavy atom. The Bertz CT molecular complexity index is 962. The number of aromatic nitrogens is 4. The molecule has 35 heavy (non-hydrogen) atoms. The first-order chi connectivity index (χ1) is 17.0. The van der Waals surface area contributed by atoms with Crippen molar-refractivity contribution in [1.82, 2.24) is 39.9 Å². The Balaban J connectivity index is 1.28. The van der Waals surface area contributed by atoms with Gasteiger partial charge in [-0.15, -0.1) is 0 Å². The van der Waals surface area contributed by atoms with Crippen LogP contribution in [0.3, 0.4) is 0 Å². The Morgan fingerprint density at radius 1 is 1.06 bits per heavy atom. The first kappa shape index (κ1) is 26.9. The highest BCUT2D eigenvalue weighted by Gasteiger charge is 2.18. The van der Waals surface area contributed by atoms with Crippen LogP contribution >= 0.6 is 23.4 Å². The number of carbonyl (C=O) groups is 1. The van der Waals surface area contributed by atoms with E-state index in [4.69, 9.17) is 34.8 Å². The van der Waals surface area contributed by atoms with Crippen LogP contribution < -0.4 is 21.6 Å². The maximum absolute atomic E-state index is 12.4. The number of H-pyrrole nitrogens is 1. The normalized spacial score (nSPS) is 15.3. The summed E-state index contributed by atoms with van der Waals surface area (Å²) < 4.78 is 0. The molecular weight excluding hydrogens is 493 g/mol. The molecule has 14 heteroatoms.